The second kappa shape index (κ2) is 7.17. The second-order valence-electron chi connectivity index (χ2n) is 2.00. The molecule has 6 nitrogen and oxygen atoms in total. The molecule has 78 valence electrons. The molecule has 13 heavy (non-hydrogen) atoms. The van der Waals surface area contributed by atoms with Crippen molar-refractivity contribution < 1.29 is 21.2 Å². The fourth-order valence-electron chi connectivity index (χ4n) is 0.753. The van der Waals surface area contributed by atoms with Gasteiger partial charge in [-0.3, -0.25) is 0 Å². The smallest absolute Gasteiger partial charge is 0.141 e. The summed E-state index contributed by atoms with van der Waals surface area (Å²) in [5.74, 6) is 0.661. The summed E-state index contributed by atoms with van der Waals surface area (Å²) < 4.78 is 4.92. The molecule has 1 aromatic carbocycles. The number of nitrogens with two attached hydrogens (primary N) is 2. The van der Waals surface area contributed by atoms with Gasteiger partial charge in [0.1, 0.15) is 5.75 Å². The summed E-state index contributed by atoms with van der Waals surface area (Å²) in [5.41, 5.74) is 12.2. The average Bonchev–Trinajstić information content (AvgIpc) is 1.88. The number of ether oxygens (including phenoxy) is 1. The van der Waals surface area contributed by atoms with Crippen LogP contribution in [0.15, 0.2) is 18.2 Å². The molecule has 0 heterocycles. The van der Waals surface area contributed by atoms with E-state index in [9.17, 15) is 0 Å². The molecule has 0 spiro atoms. The Morgan fingerprint density at radius 3 is 2.00 bits per heavy atom. The van der Waals surface area contributed by atoms with Crippen LogP contribution in [0.1, 0.15) is 0 Å². The van der Waals surface area contributed by atoms with E-state index in [4.69, 9.17) is 16.2 Å². The minimum Gasteiger partial charge on any atom is -0.495 e. The first-order valence-electron chi connectivity index (χ1n) is 2.93. The molecule has 0 bridgehead atoms. The number of hydrogen-bond donors (Lipinski definition) is 2. The fourth-order valence-corrected chi connectivity index (χ4v) is 0.753. The van der Waals surface area contributed by atoms with Crippen LogP contribution in [0.25, 0.3) is 0 Å². The van der Waals surface area contributed by atoms with E-state index in [1.165, 1.54) is 0 Å². The van der Waals surface area contributed by atoms with Gasteiger partial charge in [0.25, 0.3) is 0 Å². The summed E-state index contributed by atoms with van der Waals surface area (Å²) in [6.45, 7) is 0. The summed E-state index contributed by atoms with van der Waals surface area (Å²) in [6, 6.07) is 5.15. The Balaban J connectivity index is -0.000000333. The first-order chi connectivity index (χ1) is 4.74. The van der Waals surface area contributed by atoms with Crippen molar-refractivity contribution >= 4 is 11.4 Å². The van der Waals surface area contributed by atoms with Gasteiger partial charge in [-0.25, -0.2) is 0 Å². The van der Waals surface area contributed by atoms with Gasteiger partial charge in [-0.2, -0.15) is 0 Å². The number of anilines is 2. The van der Waals surface area contributed by atoms with E-state index >= 15 is 0 Å². The third-order valence-corrected chi connectivity index (χ3v) is 1.25. The zero-order valence-corrected chi connectivity index (χ0v) is 7.29. The summed E-state index contributed by atoms with van der Waals surface area (Å²) in [5, 5.41) is 0. The molecule has 0 saturated carbocycles. The maximum absolute atomic E-state index is 5.53. The zero-order chi connectivity index (χ0) is 7.56. The van der Waals surface area contributed by atoms with E-state index < -0.39 is 0 Å². The molecule has 0 radical (unpaired) electrons. The van der Waals surface area contributed by atoms with Crippen molar-refractivity contribution in [3.05, 3.63) is 18.2 Å². The van der Waals surface area contributed by atoms with E-state index in [1.54, 1.807) is 25.3 Å². The van der Waals surface area contributed by atoms with Crippen LogP contribution >= 0.6 is 0 Å². The van der Waals surface area contributed by atoms with Gasteiger partial charge in [-0.05, 0) is 18.2 Å². The number of hydrogen-bond acceptors (Lipinski definition) is 3. The van der Waals surface area contributed by atoms with Gasteiger partial charge in [0, 0.05) is 5.69 Å². The SMILES string of the molecule is COc1ccc(N)cc1N.O.O.O. The van der Waals surface area contributed by atoms with Crippen molar-refractivity contribution in [3.8, 4) is 5.75 Å². The molecule has 0 aliphatic heterocycles. The number of methoxy groups -OCH3 is 1. The first-order valence-corrected chi connectivity index (χ1v) is 2.93. The molecule has 1 rings (SSSR count). The first kappa shape index (κ1) is 17.5. The molecule has 0 aromatic heterocycles. The predicted octanol–water partition coefficient (Wildman–Crippen LogP) is -1.61. The summed E-state index contributed by atoms with van der Waals surface area (Å²) in [7, 11) is 1.57. The molecule has 10 N–H and O–H groups in total. The van der Waals surface area contributed by atoms with Gasteiger partial charge >= 0.3 is 0 Å². The molecule has 0 aliphatic carbocycles. The maximum atomic E-state index is 5.53. The lowest BCUT2D eigenvalue weighted by atomic mass is 10.2. The van der Waals surface area contributed by atoms with Gasteiger partial charge in [-0.1, -0.05) is 0 Å². The van der Waals surface area contributed by atoms with Crippen molar-refractivity contribution in [3.63, 3.8) is 0 Å². The lowest BCUT2D eigenvalue weighted by molar-refractivity contribution is 0.417. The monoisotopic (exact) mass is 192 g/mol. The van der Waals surface area contributed by atoms with Crippen molar-refractivity contribution in [1.29, 1.82) is 0 Å². The molecular weight excluding hydrogens is 176 g/mol. The standard InChI is InChI=1S/C7H10N2O.3H2O/c1-10-7-3-2-5(8)4-6(7)9;;;/h2-4H,8-9H2,1H3;3*1H2. The Morgan fingerprint density at radius 1 is 1.08 bits per heavy atom. The third-order valence-electron chi connectivity index (χ3n) is 1.25. The van der Waals surface area contributed by atoms with E-state index in [2.05, 4.69) is 0 Å². The number of nitrogen functional groups attached to an aromatic ring is 2. The molecule has 0 fully saturated rings. The Hall–Kier alpha value is -1.50. The minimum absolute atomic E-state index is 0. The van der Waals surface area contributed by atoms with E-state index in [1.807, 2.05) is 0 Å². The third kappa shape index (κ3) is 4.16. The zero-order valence-electron chi connectivity index (χ0n) is 7.29. The molecule has 0 unspecified atom stereocenters. The molecular formula is C7H16N2O4. The van der Waals surface area contributed by atoms with E-state index in [-0.39, 0.29) is 16.4 Å². The Bertz CT molecular complexity index is 242. The van der Waals surface area contributed by atoms with Gasteiger partial charge < -0.3 is 32.6 Å². The van der Waals surface area contributed by atoms with Gasteiger partial charge in [0.2, 0.25) is 0 Å². The predicted molar refractivity (Wildman–Crippen MR) is 52.7 cm³/mol. The van der Waals surface area contributed by atoms with Crippen LogP contribution in [-0.2, 0) is 0 Å². The lowest BCUT2D eigenvalue weighted by Gasteiger charge is -2.03. The summed E-state index contributed by atoms with van der Waals surface area (Å²) in [6.07, 6.45) is 0. The summed E-state index contributed by atoms with van der Waals surface area (Å²) >= 11 is 0. The van der Waals surface area contributed by atoms with Crippen molar-refractivity contribution in [2.45, 2.75) is 0 Å². The van der Waals surface area contributed by atoms with Crippen molar-refractivity contribution in [2.24, 2.45) is 0 Å². The highest BCUT2D eigenvalue weighted by Crippen LogP contribution is 2.22. The van der Waals surface area contributed by atoms with Crippen LogP contribution in [0.5, 0.6) is 5.75 Å². The molecule has 0 saturated heterocycles. The average molecular weight is 192 g/mol. The largest absolute Gasteiger partial charge is 0.495 e. The maximum Gasteiger partial charge on any atom is 0.141 e. The normalized spacial score (nSPS) is 7.15. The quantitative estimate of drug-likeness (QED) is 0.513. The van der Waals surface area contributed by atoms with Crippen LogP contribution in [0.3, 0.4) is 0 Å². The van der Waals surface area contributed by atoms with Crippen molar-refractivity contribution in [2.75, 3.05) is 18.6 Å². The van der Waals surface area contributed by atoms with Crippen LogP contribution in [0.2, 0.25) is 0 Å². The molecule has 0 atom stereocenters. The molecule has 0 aliphatic rings. The number of benzene rings is 1. The van der Waals surface area contributed by atoms with Crippen LogP contribution < -0.4 is 16.2 Å². The topological polar surface area (TPSA) is 156 Å². The Kier molecular flexibility index (Phi) is 9.67. The minimum atomic E-state index is 0. The van der Waals surface area contributed by atoms with Crippen molar-refractivity contribution in [1.82, 2.24) is 0 Å². The second-order valence-corrected chi connectivity index (χ2v) is 2.00. The highest BCUT2D eigenvalue weighted by atomic mass is 16.5. The van der Waals surface area contributed by atoms with Gasteiger partial charge in [-0.15, -0.1) is 0 Å². The molecule has 6 heteroatoms. The van der Waals surface area contributed by atoms with Crippen LogP contribution in [0.4, 0.5) is 11.4 Å². The number of rotatable bonds is 1. The lowest BCUT2D eigenvalue weighted by Crippen LogP contribution is -1.93. The van der Waals surface area contributed by atoms with Gasteiger partial charge in [0.05, 0.1) is 12.8 Å². The van der Waals surface area contributed by atoms with Crippen LogP contribution in [0, 0.1) is 0 Å². The van der Waals surface area contributed by atoms with E-state index in [0.29, 0.717) is 17.1 Å². The summed E-state index contributed by atoms with van der Waals surface area (Å²) in [4.78, 5) is 0. The highest BCUT2D eigenvalue weighted by Gasteiger charge is 1.96. The molecule has 0 amide bonds. The molecule has 1 aromatic rings. The fraction of sp³-hybridized carbons (Fsp3) is 0.143. The van der Waals surface area contributed by atoms with Crippen LogP contribution in [-0.4, -0.2) is 23.5 Å². The Morgan fingerprint density at radius 2 is 1.62 bits per heavy atom. The van der Waals surface area contributed by atoms with Gasteiger partial charge in [0.15, 0.2) is 0 Å². The highest BCUT2D eigenvalue weighted by molar-refractivity contribution is 5.60. The van der Waals surface area contributed by atoms with E-state index in [0.717, 1.165) is 0 Å². The Labute approximate surface area is 76.0 Å².